The SMILES string of the molecule is O=Cc1cc(-c2ccccc2Cl)cnc1Cl. The van der Waals surface area contributed by atoms with Crippen molar-refractivity contribution in [3.63, 3.8) is 0 Å². The van der Waals surface area contributed by atoms with Gasteiger partial charge in [-0.25, -0.2) is 4.98 Å². The van der Waals surface area contributed by atoms with E-state index in [1.54, 1.807) is 18.3 Å². The number of rotatable bonds is 2. The van der Waals surface area contributed by atoms with E-state index < -0.39 is 0 Å². The number of pyridine rings is 1. The maximum absolute atomic E-state index is 10.7. The van der Waals surface area contributed by atoms with Gasteiger partial charge < -0.3 is 0 Å². The molecule has 0 bridgehead atoms. The van der Waals surface area contributed by atoms with E-state index in [9.17, 15) is 4.79 Å². The molecule has 16 heavy (non-hydrogen) atoms. The van der Waals surface area contributed by atoms with Crippen molar-refractivity contribution >= 4 is 29.5 Å². The predicted octanol–water partition coefficient (Wildman–Crippen LogP) is 3.87. The number of hydrogen-bond donors (Lipinski definition) is 0. The molecule has 0 N–H and O–H groups in total. The molecule has 0 unspecified atom stereocenters. The van der Waals surface area contributed by atoms with Crippen LogP contribution in [-0.2, 0) is 0 Å². The fourth-order valence-electron chi connectivity index (χ4n) is 1.39. The summed E-state index contributed by atoms with van der Waals surface area (Å²) in [6, 6.07) is 9.03. The smallest absolute Gasteiger partial charge is 0.153 e. The molecule has 2 rings (SSSR count). The van der Waals surface area contributed by atoms with E-state index in [0.717, 1.165) is 11.1 Å². The first-order valence-electron chi connectivity index (χ1n) is 4.58. The summed E-state index contributed by atoms with van der Waals surface area (Å²) in [7, 11) is 0. The minimum atomic E-state index is 0.200. The van der Waals surface area contributed by atoms with Crippen LogP contribution in [0.3, 0.4) is 0 Å². The van der Waals surface area contributed by atoms with Crippen LogP contribution in [0.2, 0.25) is 10.2 Å². The Labute approximate surface area is 103 Å². The van der Waals surface area contributed by atoms with E-state index in [0.29, 0.717) is 16.9 Å². The van der Waals surface area contributed by atoms with Crippen molar-refractivity contribution in [3.05, 3.63) is 52.3 Å². The Morgan fingerprint density at radius 3 is 2.62 bits per heavy atom. The molecular weight excluding hydrogens is 245 g/mol. The molecule has 0 radical (unpaired) electrons. The van der Waals surface area contributed by atoms with E-state index in [1.807, 2.05) is 18.2 Å². The average molecular weight is 252 g/mol. The molecular formula is C12H7Cl2NO. The highest BCUT2D eigenvalue weighted by Gasteiger charge is 2.06. The van der Waals surface area contributed by atoms with Crippen molar-refractivity contribution in [1.82, 2.24) is 4.98 Å². The van der Waals surface area contributed by atoms with Crippen LogP contribution in [0.5, 0.6) is 0 Å². The Bertz CT molecular complexity index is 540. The Kier molecular flexibility index (Phi) is 3.22. The summed E-state index contributed by atoms with van der Waals surface area (Å²) >= 11 is 11.8. The van der Waals surface area contributed by atoms with Crippen molar-refractivity contribution in [2.45, 2.75) is 0 Å². The first-order chi connectivity index (χ1) is 7.72. The molecule has 0 aliphatic rings. The number of aromatic nitrogens is 1. The van der Waals surface area contributed by atoms with Gasteiger partial charge in [-0.05, 0) is 12.1 Å². The van der Waals surface area contributed by atoms with Crippen molar-refractivity contribution < 1.29 is 4.79 Å². The predicted molar refractivity (Wildman–Crippen MR) is 65.1 cm³/mol. The third kappa shape index (κ3) is 2.08. The highest BCUT2D eigenvalue weighted by atomic mass is 35.5. The molecule has 1 aromatic heterocycles. The van der Waals surface area contributed by atoms with Gasteiger partial charge in [0.25, 0.3) is 0 Å². The molecule has 0 fully saturated rings. The lowest BCUT2D eigenvalue weighted by atomic mass is 10.1. The summed E-state index contributed by atoms with van der Waals surface area (Å²) in [5, 5.41) is 0.814. The van der Waals surface area contributed by atoms with Gasteiger partial charge in [-0.3, -0.25) is 4.79 Å². The van der Waals surface area contributed by atoms with Gasteiger partial charge in [0.15, 0.2) is 6.29 Å². The molecule has 0 amide bonds. The Balaban J connectivity index is 2.57. The second-order valence-corrected chi connectivity index (χ2v) is 3.97. The van der Waals surface area contributed by atoms with Crippen molar-refractivity contribution in [3.8, 4) is 11.1 Å². The van der Waals surface area contributed by atoms with Crippen LogP contribution in [0.4, 0.5) is 0 Å². The van der Waals surface area contributed by atoms with Crippen LogP contribution >= 0.6 is 23.2 Å². The molecule has 4 heteroatoms. The number of nitrogens with zero attached hydrogens (tertiary/aromatic N) is 1. The summed E-state index contributed by atoms with van der Waals surface area (Å²) in [6.45, 7) is 0. The lowest BCUT2D eigenvalue weighted by Gasteiger charge is -2.04. The number of benzene rings is 1. The molecule has 1 heterocycles. The number of carbonyl (C=O) groups is 1. The number of halogens is 2. The Morgan fingerprint density at radius 2 is 1.94 bits per heavy atom. The molecule has 1 aromatic carbocycles. The van der Waals surface area contributed by atoms with Gasteiger partial charge >= 0.3 is 0 Å². The molecule has 2 aromatic rings. The molecule has 0 aliphatic heterocycles. The van der Waals surface area contributed by atoms with Gasteiger partial charge in [0.1, 0.15) is 5.15 Å². The number of aldehydes is 1. The largest absolute Gasteiger partial charge is 0.298 e. The minimum absolute atomic E-state index is 0.200. The lowest BCUT2D eigenvalue weighted by molar-refractivity contribution is 0.112. The number of carbonyl (C=O) groups excluding carboxylic acids is 1. The first-order valence-corrected chi connectivity index (χ1v) is 5.33. The zero-order valence-electron chi connectivity index (χ0n) is 8.15. The van der Waals surface area contributed by atoms with E-state index >= 15 is 0 Å². The molecule has 0 atom stereocenters. The lowest BCUT2D eigenvalue weighted by Crippen LogP contribution is -1.88. The minimum Gasteiger partial charge on any atom is -0.298 e. The normalized spacial score (nSPS) is 10.1. The average Bonchev–Trinajstić information content (AvgIpc) is 2.31. The Morgan fingerprint density at radius 1 is 1.19 bits per heavy atom. The monoisotopic (exact) mass is 251 g/mol. The molecule has 80 valence electrons. The van der Waals surface area contributed by atoms with Crippen LogP contribution in [0.1, 0.15) is 10.4 Å². The van der Waals surface area contributed by atoms with Crippen LogP contribution in [0, 0.1) is 0 Å². The van der Waals surface area contributed by atoms with E-state index in [2.05, 4.69) is 4.98 Å². The van der Waals surface area contributed by atoms with Crippen LogP contribution in [0.15, 0.2) is 36.5 Å². The zero-order chi connectivity index (χ0) is 11.5. The van der Waals surface area contributed by atoms with E-state index in [1.165, 1.54) is 0 Å². The molecule has 0 spiro atoms. The van der Waals surface area contributed by atoms with Gasteiger partial charge in [0, 0.05) is 22.3 Å². The third-order valence-corrected chi connectivity index (χ3v) is 2.82. The molecule has 2 nitrogen and oxygen atoms in total. The van der Waals surface area contributed by atoms with Crippen molar-refractivity contribution in [2.75, 3.05) is 0 Å². The van der Waals surface area contributed by atoms with Crippen LogP contribution in [-0.4, -0.2) is 11.3 Å². The standard InChI is InChI=1S/C12H7Cl2NO/c13-11-4-2-1-3-10(11)8-5-9(7-16)12(14)15-6-8/h1-7H. The topological polar surface area (TPSA) is 30.0 Å². The zero-order valence-corrected chi connectivity index (χ0v) is 9.66. The maximum Gasteiger partial charge on any atom is 0.153 e. The second-order valence-electron chi connectivity index (χ2n) is 3.20. The summed E-state index contributed by atoms with van der Waals surface area (Å²) < 4.78 is 0. The Hall–Kier alpha value is -1.38. The van der Waals surface area contributed by atoms with Crippen molar-refractivity contribution in [2.24, 2.45) is 0 Å². The van der Waals surface area contributed by atoms with Crippen molar-refractivity contribution in [1.29, 1.82) is 0 Å². The summed E-state index contributed by atoms with van der Waals surface area (Å²) in [5.74, 6) is 0. The fraction of sp³-hybridized carbons (Fsp3) is 0. The quantitative estimate of drug-likeness (QED) is 0.599. The van der Waals surface area contributed by atoms with Gasteiger partial charge in [0.05, 0.1) is 5.56 Å². The third-order valence-electron chi connectivity index (χ3n) is 2.18. The van der Waals surface area contributed by atoms with Gasteiger partial charge in [-0.1, -0.05) is 41.4 Å². The van der Waals surface area contributed by atoms with Gasteiger partial charge in [-0.2, -0.15) is 0 Å². The van der Waals surface area contributed by atoms with Gasteiger partial charge in [-0.15, -0.1) is 0 Å². The molecule has 0 aliphatic carbocycles. The van der Waals surface area contributed by atoms with E-state index in [4.69, 9.17) is 23.2 Å². The summed E-state index contributed by atoms with van der Waals surface area (Å²) in [4.78, 5) is 14.7. The van der Waals surface area contributed by atoms with Gasteiger partial charge in [0.2, 0.25) is 0 Å². The second kappa shape index (κ2) is 4.64. The fourth-order valence-corrected chi connectivity index (χ4v) is 1.78. The highest BCUT2D eigenvalue weighted by molar-refractivity contribution is 6.33. The number of hydrogen-bond acceptors (Lipinski definition) is 2. The summed E-state index contributed by atoms with van der Waals surface area (Å²) in [5.41, 5.74) is 1.97. The summed E-state index contributed by atoms with van der Waals surface area (Å²) in [6.07, 6.45) is 2.27. The molecule has 0 saturated carbocycles. The maximum atomic E-state index is 10.7. The van der Waals surface area contributed by atoms with Crippen LogP contribution in [0.25, 0.3) is 11.1 Å². The van der Waals surface area contributed by atoms with E-state index in [-0.39, 0.29) is 5.15 Å². The highest BCUT2D eigenvalue weighted by Crippen LogP contribution is 2.28. The van der Waals surface area contributed by atoms with Crippen LogP contribution < -0.4 is 0 Å². The first kappa shape index (κ1) is 11.1. The molecule has 0 saturated heterocycles.